The summed E-state index contributed by atoms with van der Waals surface area (Å²) < 4.78 is 15.4. The Bertz CT molecular complexity index is 245. The molecule has 94 valence electrons. The van der Waals surface area contributed by atoms with Crippen molar-refractivity contribution in [1.29, 1.82) is 0 Å². The molecule has 0 radical (unpaired) electrons. The number of hydrogen-bond acceptors (Lipinski definition) is 5. The lowest BCUT2D eigenvalue weighted by atomic mass is 9.97. The average molecular weight is 232 g/mol. The molecule has 3 atom stereocenters. The summed E-state index contributed by atoms with van der Waals surface area (Å²) in [5, 5.41) is 9.61. The highest BCUT2D eigenvalue weighted by Crippen LogP contribution is 2.22. The first-order valence-electron chi connectivity index (χ1n) is 5.38. The van der Waals surface area contributed by atoms with E-state index in [-0.39, 0.29) is 12.6 Å². The Morgan fingerprint density at radius 1 is 1.50 bits per heavy atom. The molecule has 0 saturated carbocycles. The Balaban J connectivity index is 2.36. The second-order valence-corrected chi connectivity index (χ2v) is 4.99. The number of ether oxygens (including phenoxy) is 3. The number of aliphatic hydroxyl groups excluding tert-OH is 1. The van der Waals surface area contributed by atoms with E-state index in [0.29, 0.717) is 6.42 Å². The minimum absolute atomic E-state index is 0.0666. The standard InChI is InChI=1S/C11H20O5/c1-11(2,3)10(13)15-6-8-7(12)5-9(14-4)16-8/h7-9,12H,5-6H2,1-4H3/t7-,8-,9+/m1/s1. The molecule has 1 fully saturated rings. The van der Waals surface area contributed by atoms with Gasteiger partial charge in [-0.1, -0.05) is 0 Å². The van der Waals surface area contributed by atoms with Crippen LogP contribution in [-0.2, 0) is 19.0 Å². The van der Waals surface area contributed by atoms with Crippen molar-refractivity contribution < 1.29 is 24.1 Å². The molecule has 5 heteroatoms. The number of hydrogen-bond donors (Lipinski definition) is 1. The maximum atomic E-state index is 11.5. The van der Waals surface area contributed by atoms with E-state index in [9.17, 15) is 9.90 Å². The van der Waals surface area contributed by atoms with Gasteiger partial charge in [0.25, 0.3) is 0 Å². The molecular weight excluding hydrogens is 212 g/mol. The third-order valence-electron chi connectivity index (χ3n) is 2.44. The molecule has 1 N–H and O–H groups in total. The zero-order valence-corrected chi connectivity index (χ0v) is 10.2. The minimum atomic E-state index is -0.641. The fourth-order valence-electron chi connectivity index (χ4n) is 1.37. The van der Waals surface area contributed by atoms with Crippen LogP contribution in [0.4, 0.5) is 0 Å². The van der Waals surface area contributed by atoms with Crippen LogP contribution >= 0.6 is 0 Å². The largest absolute Gasteiger partial charge is 0.462 e. The molecule has 0 spiro atoms. The van der Waals surface area contributed by atoms with Crippen LogP contribution in [0.5, 0.6) is 0 Å². The predicted molar refractivity (Wildman–Crippen MR) is 56.7 cm³/mol. The maximum Gasteiger partial charge on any atom is 0.311 e. The normalized spacial score (nSPS) is 30.4. The Hall–Kier alpha value is -0.650. The van der Waals surface area contributed by atoms with Gasteiger partial charge >= 0.3 is 5.97 Å². The lowest BCUT2D eigenvalue weighted by Crippen LogP contribution is -2.31. The van der Waals surface area contributed by atoms with Gasteiger partial charge in [-0.3, -0.25) is 4.79 Å². The highest BCUT2D eigenvalue weighted by Gasteiger charge is 2.35. The van der Waals surface area contributed by atoms with Crippen molar-refractivity contribution in [3.05, 3.63) is 0 Å². The maximum absolute atomic E-state index is 11.5. The number of methoxy groups -OCH3 is 1. The van der Waals surface area contributed by atoms with E-state index < -0.39 is 23.9 Å². The predicted octanol–water partition coefficient (Wildman–Crippen LogP) is 0.698. The lowest BCUT2D eigenvalue weighted by Gasteiger charge is -2.19. The Morgan fingerprint density at radius 3 is 2.56 bits per heavy atom. The van der Waals surface area contributed by atoms with Crippen LogP contribution in [0.1, 0.15) is 27.2 Å². The SMILES string of the molecule is CO[C@@H]1C[C@@H](O)[C@@H](COC(=O)C(C)(C)C)O1. The van der Waals surface area contributed by atoms with Crippen LogP contribution in [0.3, 0.4) is 0 Å². The zero-order valence-electron chi connectivity index (χ0n) is 10.2. The fourth-order valence-corrected chi connectivity index (χ4v) is 1.37. The zero-order chi connectivity index (χ0) is 12.3. The van der Waals surface area contributed by atoms with Crippen LogP contribution in [0.25, 0.3) is 0 Å². The molecule has 16 heavy (non-hydrogen) atoms. The Morgan fingerprint density at radius 2 is 2.12 bits per heavy atom. The number of aliphatic hydroxyl groups is 1. The molecule has 0 aliphatic carbocycles. The van der Waals surface area contributed by atoms with Crippen LogP contribution in [0.2, 0.25) is 0 Å². The van der Waals surface area contributed by atoms with Gasteiger partial charge in [-0.15, -0.1) is 0 Å². The monoisotopic (exact) mass is 232 g/mol. The quantitative estimate of drug-likeness (QED) is 0.725. The van der Waals surface area contributed by atoms with Gasteiger partial charge < -0.3 is 19.3 Å². The first-order valence-corrected chi connectivity index (χ1v) is 5.38. The van der Waals surface area contributed by atoms with E-state index in [1.54, 1.807) is 20.8 Å². The second-order valence-electron chi connectivity index (χ2n) is 4.99. The molecule has 0 bridgehead atoms. The molecule has 1 saturated heterocycles. The fraction of sp³-hybridized carbons (Fsp3) is 0.909. The van der Waals surface area contributed by atoms with Gasteiger partial charge in [0.15, 0.2) is 6.29 Å². The van der Waals surface area contributed by atoms with E-state index in [1.165, 1.54) is 7.11 Å². The van der Waals surface area contributed by atoms with Crippen molar-refractivity contribution in [2.75, 3.05) is 13.7 Å². The first-order chi connectivity index (χ1) is 7.34. The van der Waals surface area contributed by atoms with Gasteiger partial charge in [0.2, 0.25) is 0 Å². The molecule has 0 aromatic heterocycles. The number of esters is 1. The van der Waals surface area contributed by atoms with Crippen LogP contribution < -0.4 is 0 Å². The summed E-state index contributed by atoms with van der Waals surface area (Å²) in [5.74, 6) is -0.302. The van der Waals surface area contributed by atoms with Gasteiger partial charge in [0, 0.05) is 13.5 Å². The summed E-state index contributed by atoms with van der Waals surface area (Å²) in [4.78, 5) is 11.5. The van der Waals surface area contributed by atoms with E-state index in [2.05, 4.69) is 0 Å². The van der Waals surface area contributed by atoms with Gasteiger partial charge in [-0.25, -0.2) is 0 Å². The second kappa shape index (κ2) is 5.12. The molecule has 1 aliphatic rings. The van der Waals surface area contributed by atoms with E-state index in [0.717, 1.165) is 0 Å². The van der Waals surface area contributed by atoms with Gasteiger partial charge in [0.05, 0.1) is 11.5 Å². The summed E-state index contributed by atoms with van der Waals surface area (Å²) in [5.41, 5.74) is -0.537. The van der Waals surface area contributed by atoms with E-state index in [4.69, 9.17) is 14.2 Å². The molecular formula is C11H20O5. The minimum Gasteiger partial charge on any atom is -0.462 e. The van der Waals surface area contributed by atoms with E-state index >= 15 is 0 Å². The number of rotatable bonds is 3. The molecule has 0 aromatic carbocycles. The third-order valence-corrected chi connectivity index (χ3v) is 2.44. The van der Waals surface area contributed by atoms with Crippen molar-refractivity contribution in [3.63, 3.8) is 0 Å². The van der Waals surface area contributed by atoms with Crippen molar-refractivity contribution in [1.82, 2.24) is 0 Å². The molecule has 1 rings (SSSR count). The van der Waals surface area contributed by atoms with Crippen molar-refractivity contribution >= 4 is 5.97 Å². The van der Waals surface area contributed by atoms with Crippen LogP contribution in [0.15, 0.2) is 0 Å². The summed E-state index contributed by atoms with van der Waals surface area (Å²) in [6.07, 6.45) is -1.13. The van der Waals surface area contributed by atoms with Crippen molar-refractivity contribution in [2.24, 2.45) is 5.41 Å². The lowest BCUT2D eigenvalue weighted by molar-refractivity contribution is -0.165. The summed E-state index contributed by atoms with van der Waals surface area (Å²) >= 11 is 0. The molecule has 5 nitrogen and oxygen atoms in total. The average Bonchev–Trinajstić information content (AvgIpc) is 2.54. The number of carbonyl (C=O) groups excluding carboxylic acids is 1. The van der Waals surface area contributed by atoms with Crippen molar-refractivity contribution in [3.8, 4) is 0 Å². The van der Waals surface area contributed by atoms with Gasteiger partial charge in [-0.2, -0.15) is 0 Å². The highest BCUT2D eigenvalue weighted by molar-refractivity contribution is 5.75. The molecule has 1 heterocycles. The van der Waals surface area contributed by atoms with Gasteiger partial charge in [-0.05, 0) is 20.8 Å². The van der Waals surface area contributed by atoms with E-state index in [1.807, 2.05) is 0 Å². The number of carbonyl (C=O) groups is 1. The summed E-state index contributed by atoms with van der Waals surface area (Å²) in [6, 6.07) is 0. The summed E-state index contributed by atoms with van der Waals surface area (Å²) in [7, 11) is 1.51. The van der Waals surface area contributed by atoms with Crippen LogP contribution in [0, 0.1) is 5.41 Å². The molecule has 0 amide bonds. The molecule has 0 aromatic rings. The molecule has 1 aliphatic heterocycles. The van der Waals surface area contributed by atoms with Gasteiger partial charge in [0.1, 0.15) is 12.7 Å². The topological polar surface area (TPSA) is 65.0 Å². The third kappa shape index (κ3) is 3.43. The molecule has 0 unspecified atom stereocenters. The highest BCUT2D eigenvalue weighted by atomic mass is 16.7. The van der Waals surface area contributed by atoms with Crippen LogP contribution in [-0.4, -0.2) is 43.3 Å². The first kappa shape index (κ1) is 13.4. The Kier molecular flexibility index (Phi) is 4.29. The summed E-state index contributed by atoms with van der Waals surface area (Å²) in [6.45, 7) is 5.40. The Labute approximate surface area is 95.7 Å². The smallest absolute Gasteiger partial charge is 0.311 e. The van der Waals surface area contributed by atoms with Crippen molar-refractivity contribution in [2.45, 2.75) is 45.7 Å².